The van der Waals surface area contributed by atoms with Gasteiger partial charge in [-0.3, -0.25) is 4.79 Å². The Labute approximate surface area is 170 Å². The maximum Gasteiger partial charge on any atom is 0.340 e. The molecule has 0 bridgehead atoms. The minimum Gasteiger partial charge on any atom is -0.452 e. The van der Waals surface area contributed by atoms with E-state index in [9.17, 15) is 18.0 Å². The van der Waals surface area contributed by atoms with Crippen LogP contribution in [0.15, 0.2) is 53.4 Å². The standard InChI is InChI=1S/C20H22ClNO5S/c1-14(2)22(12-15-7-5-4-6-8-15)19(23)13-27-20(24)17-11-16(28(3,25)26)9-10-18(17)21/h4-11,14H,12-13H2,1-3H3. The smallest absolute Gasteiger partial charge is 0.340 e. The molecule has 28 heavy (non-hydrogen) atoms. The highest BCUT2D eigenvalue weighted by molar-refractivity contribution is 7.90. The van der Waals surface area contributed by atoms with Crippen LogP contribution in [0, 0.1) is 0 Å². The second kappa shape index (κ2) is 9.21. The molecule has 0 aliphatic carbocycles. The first kappa shape index (κ1) is 21.9. The van der Waals surface area contributed by atoms with Crippen LogP contribution < -0.4 is 0 Å². The number of esters is 1. The minimum absolute atomic E-state index is 0.0508. The number of rotatable bonds is 7. The molecule has 0 radical (unpaired) electrons. The molecule has 2 aromatic rings. The number of nitrogens with zero attached hydrogens (tertiary/aromatic N) is 1. The number of benzene rings is 2. The number of carbonyl (C=O) groups excluding carboxylic acids is 2. The number of sulfone groups is 1. The van der Waals surface area contributed by atoms with Crippen molar-refractivity contribution >= 4 is 33.3 Å². The molecule has 150 valence electrons. The maximum absolute atomic E-state index is 12.6. The molecule has 0 unspecified atom stereocenters. The van der Waals surface area contributed by atoms with E-state index in [1.807, 2.05) is 44.2 Å². The van der Waals surface area contributed by atoms with Crippen molar-refractivity contribution in [2.24, 2.45) is 0 Å². The van der Waals surface area contributed by atoms with Crippen LogP contribution in [-0.4, -0.2) is 44.1 Å². The summed E-state index contributed by atoms with van der Waals surface area (Å²) < 4.78 is 28.4. The minimum atomic E-state index is -3.51. The molecule has 1 amide bonds. The van der Waals surface area contributed by atoms with Crippen LogP contribution in [0.5, 0.6) is 0 Å². The topological polar surface area (TPSA) is 80.8 Å². The van der Waals surface area contributed by atoms with E-state index in [2.05, 4.69) is 0 Å². The molecule has 0 heterocycles. The van der Waals surface area contributed by atoms with E-state index in [0.717, 1.165) is 17.9 Å². The lowest BCUT2D eigenvalue weighted by atomic mass is 10.2. The molecular formula is C20H22ClNO5S. The van der Waals surface area contributed by atoms with E-state index < -0.39 is 22.4 Å². The molecular weight excluding hydrogens is 402 g/mol. The Balaban J connectivity index is 2.09. The van der Waals surface area contributed by atoms with Crippen LogP contribution in [0.4, 0.5) is 0 Å². The second-order valence-electron chi connectivity index (χ2n) is 6.59. The summed E-state index contributed by atoms with van der Waals surface area (Å²) in [6.07, 6.45) is 1.03. The van der Waals surface area contributed by atoms with Gasteiger partial charge in [0.25, 0.3) is 5.91 Å². The SMILES string of the molecule is CC(C)N(Cc1ccccc1)C(=O)COC(=O)c1cc(S(C)(=O)=O)ccc1Cl. The zero-order valence-electron chi connectivity index (χ0n) is 15.9. The van der Waals surface area contributed by atoms with Crippen LogP contribution in [0.25, 0.3) is 0 Å². The summed E-state index contributed by atoms with van der Waals surface area (Å²) in [6.45, 7) is 3.66. The largest absolute Gasteiger partial charge is 0.452 e. The van der Waals surface area contributed by atoms with Crippen LogP contribution in [0.2, 0.25) is 5.02 Å². The Hall–Kier alpha value is -2.38. The normalized spacial score (nSPS) is 11.3. The van der Waals surface area contributed by atoms with E-state index >= 15 is 0 Å². The van der Waals surface area contributed by atoms with Crippen molar-refractivity contribution in [3.63, 3.8) is 0 Å². The molecule has 2 rings (SSSR count). The van der Waals surface area contributed by atoms with Gasteiger partial charge in [0.05, 0.1) is 15.5 Å². The fraction of sp³-hybridized carbons (Fsp3) is 0.300. The van der Waals surface area contributed by atoms with Gasteiger partial charge < -0.3 is 9.64 Å². The van der Waals surface area contributed by atoms with Crippen LogP contribution in [0.1, 0.15) is 29.8 Å². The van der Waals surface area contributed by atoms with Gasteiger partial charge in [0, 0.05) is 18.8 Å². The van der Waals surface area contributed by atoms with Gasteiger partial charge in [0.1, 0.15) is 0 Å². The Morgan fingerprint density at radius 3 is 2.32 bits per heavy atom. The van der Waals surface area contributed by atoms with Gasteiger partial charge in [-0.25, -0.2) is 13.2 Å². The third-order valence-electron chi connectivity index (χ3n) is 4.05. The van der Waals surface area contributed by atoms with Crippen molar-refractivity contribution in [1.82, 2.24) is 4.90 Å². The number of amides is 1. The first-order valence-electron chi connectivity index (χ1n) is 8.59. The van der Waals surface area contributed by atoms with E-state index in [1.54, 1.807) is 4.90 Å². The molecule has 0 aromatic heterocycles. The average molecular weight is 424 g/mol. The predicted octanol–water partition coefficient (Wildman–Crippen LogP) is 3.34. The molecule has 2 aromatic carbocycles. The molecule has 0 aliphatic rings. The van der Waals surface area contributed by atoms with E-state index in [-0.39, 0.29) is 27.4 Å². The lowest BCUT2D eigenvalue weighted by Crippen LogP contribution is -2.39. The number of carbonyl (C=O) groups is 2. The summed E-state index contributed by atoms with van der Waals surface area (Å²) in [5, 5.41) is 0.0508. The molecule has 0 fully saturated rings. The molecule has 6 nitrogen and oxygen atoms in total. The van der Waals surface area contributed by atoms with Gasteiger partial charge >= 0.3 is 5.97 Å². The molecule has 0 N–H and O–H groups in total. The summed E-state index contributed by atoms with van der Waals surface area (Å²) >= 11 is 5.99. The van der Waals surface area contributed by atoms with Gasteiger partial charge in [-0.15, -0.1) is 0 Å². The molecule has 0 aliphatic heterocycles. The number of ether oxygens (including phenoxy) is 1. The van der Waals surface area contributed by atoms with Crippen molar-refractivity contribution in [2.75, 3.05) is 12.9 Å². The highest BCUT2D eigenvalue weighted by Crippen LogP contribution is 2.21. The van der Waals surface area contributed by atoms with E-state index in [1.165, 1.54) is 12.1 Å². The Kier molecular flexibility index (Phi) is 7.21. The molecule has 0 saturated carbocycles. The summed E-state index contributed by atoms with van der Waals surface area (Å²) in [5.41, 5.74) is 0.858. The lowest BCUT2D eigenvalue weighted by Gasteiger charge is -2.26. The molecule has 0 atom stereocenters. The summed E-state index contributed by atoms with van der Waals surface area (Å²) in [7, 11) is -3.51. The van der Waals surface area contributed by atoms with Crippen LogP contribution in [0.3, 0.4) is 0 Å². The lowest BCUT2D eigenvalue weighted by molar-refractivity contribution is -0.136. The Bertz CT molecular complexity index is 958. The Morgan fingerprint density at radius 1 is 1.11 bits per heavy atom. The van der Waals surface area contributed by atoms with Crippen molar-refractivity contribution in [3.05, 3.63) is 64.7 Å². The number of halogens is 1. The fourth-order valence-electron chi connectivity index (χ4n) is 2.52. The van der Waals surface area contributed by atoms with E-state index in [0.29, 0.717) is 6.54 Å². The first-order chi connectivity index (χ1) is 13.1. The fourth-order valence-corrected chi connectivity index (χ4v) is 3.36. The highest BCUT2D eigenvalue weighted by atomic mass is 35.5. The summed E-state index contributed by atoms with van der Waals surface area (Å²) in [4.78, 5) is 26.4. The summed E-state index contributed by atoms with van der Waals surface area (Å²) in [5.74, 6) is -1.21. The number of hydrogen-bond donors (Lipinski definition) is 0. The van der Waals surface area contributed by atoms with Crippen LogP contribution in [-0.2, 0) is 25.9 Å². The second-order valence-corrected chi connectivity index (χ2v) is 9.01. The maximum atomic E-state index is 12.6. The Morgan fingerprint density at radius 2 is 1.75 bits per heavy atom. The van der Waals surface area contributed by atoms with Crippen LogP contribution >= 0.6 is 11.6 Å². The van der Waals surface area contributed by atoms with Crippen molar-refractivity contribution in [2.45, 2.75) is 31.3 Å². The van der Waals surface area contributed by atoms with Crippen molar-refractivity contribution < 1.29 is 22.7 Å². The predicted molar refractivity (Wildman–Crippen MR) is 107 cm³/mol. The zero-order valence-corrected chi connectivity index (χ0v) is 17.5. The highest BCUT2D eigenvalue weighted by Gasteiger charge is 2.21. The molecule has 0 spiro atoms. The van der Waals surface area contributed by atoms with Gasteiger partial charge in [-0.05, 0) is 37.6 Å². The van der Waals surface area contributed by atoms with Gasteiger partial charge in [0.2, 0.25) is 0 Å². The van der Waals surface area contributed by atoms with E-state index in [4.69, 9.17) is 16.3 Å². The average Bonchev–Trinajstić information content (AvgIpc) is 2.64. The zero-order chi connectivity index (χ0) is 20.9. The van der Waals surface area contributed by atoms with Gasteiger partial charge in [-0.1, -0.05) is 41.9 Å². The monoisotopic (exact) mass is 423 g/mol. The van der Waals surface area contributed by atoms with Crippen molar-refractivity contribution in [1.29, 1.82) is 0 Å². The van der Waals surface area contributed by atoms with Gasteiger partial charge in [-0.2, -0.15) is 0 Å². The molecule has 8 heteroatoms. The van der Waals surface area contributed by atoms with Gasteiger partial charge in [0.15, 0.2) is 16.4 Å². The third-order valence-corrected chi connectivity index (χ3v) is 5.49. The van der Waals surface area contributed by atoms with Crippen molar-refractivity contribution in [3.8, 4) is 0 Å². The summed E-state index contributed by atoms with van der Waals surface area (Å²) in [6, 6.07) is 13.1. The first-order valence-corrected chi connectivity index (χ1v) is 10.9. The number of hydrogen-bond acceptors (Lipinski definition) is 5. The molecule has 0 saturated heterocycles. The third kappa shape index (κ3) is 5.81. The quantitative estimate of drug-likeness (QED) is 0.638.